The van der Waals surface area contributed by atoms with E-state index in [1.807, 2.05) is 36.6 Å². The van der Waals surface area contributed by atoms with E-state index in [9.17, 15) is 18.0 Å². The Morgan fingerprint density at radius 1 is 1.00 bits per heavy atom. The number of nitrogens with zero attached hydrogens (tertiary/aromatic N) is 2. The lowest BCUT2D eigenvalue weighted by molar-refractivity contribution is -0.145. The molecule has 0 aromatic heterocycles. The summed E-state index contributed by atoms with van der Waals surface area (Å²) in [5.74, 6) is 0.365. The molecule has 0 aliphatic carbocycles. The van der Waals surface area contributed by atoms with E-state index in [2.05, 4.69) is 10.5 Å². The molecule has 1 amide bonds. The number of nitrogens with one attached hydrogen (secondary N) is 1. The number of rotatable bonds is 13. The lowest BCUT2D eigenvalue weighted by atomic mass is 10.2. The minimum Gasteiger partial charge on any atom is -0.482 e. The van der Waals surface area contributed by atoms with Crippen LogP contribution < -0.4 is 14.5 Å². The van der Waals surface area contributed by atoms with Crippen molar-refractivity contribution >= 4 is 45.6 Å². The first-order chi connectivity index (χ1) is 18.3. The van der Waals surface area contributed by atoms with E-state index in [0.29, 0.717) is 29.2 Å². The summed E-state index contributed by atoms with van der Waals surface area (Å²) < 4.78 is 36.4. The summed E-state index contributed by atoms with van der Waals surface area (Å²) in [5.41, 5.74) is 4.78. The number of hydrazone groups is 1. The normalized spacial score (nSPS) is 11.2. The summed E-state index contributed by atoms with van der Waals surface area (Å²) in [6, 6.07) is 22.3. The Kier molecular flexibility index (Phi) is 10.7. The van der Waals surface area contributed by atoms with Gasteiger partial charge in [-0.2, -0.15) is 16.9 Å². The van der Waals surface area contributed by atoms with Gasteiger partial charge in [0.25, 0.3) is 5.91 Å². The summed E-state index contributed by atoms with van der Waals surface area (Å²) in [5, 5.41) is 3.97. The topological polar surface area (TPSA) is 114 Å². The van der Waals surface area contributed by atoms with Gasteiger partial charge in [-0.15, -0.1) is 0 Å². The van der Waals surface area contributed by atoms with Crippen LogP contribution in [0.5, 0.6) is 5.75 Å². The zero-order valence-corrected chi connectivity index (χ0v) is 22.7. The van der Waals surface area contributed by atoms with Crippen LogP contribution in [0.2, 0.25) is 0 Å². The fourth-order valence-corrected chi connectivity index (χ4v) is 4.37. The Bertz CT molecular complexity index is 1330. The summed E-state index contributed by atoms with van der Waals surface area (Å²) in [6.07, 6.45) is 4.55. The molecule has 0 saturated heterocycles. The van der Waals surface area contributed by atoms with Gasteiger partial charge in [0.1, 0.15) is 12.4 Å². The van der Waals surface area contributed by atoms with E-state index in [0.717, 1.165) is 17.6 Å². The minimum atomic E-state index is -3.53. The van der Waals surface area contributed by atoms with Gasteiger partial charge in [-0.1, -0.05) is 30.3 Å². The van der Waals surface area contributed by atoms with Crippen molar-refractivity contribution < 1.29 is 27.5 Å². The van der Waals surface area contributed by atoms with Gasteiger partial charge in [0, 0.05) is 11.3 Å². The quantitative estimate of drug-likeness (QED) is 0.148. The highest BCUT2D eigenvalue weighted by atomic mass is 32.2. The fourth-order valence-electron chi connectivity index (χ4n) is 3.23. The Morgan fingerprint density at radius 3 is 2.32 bits per heavy atom. The van der Waals surface area contributed by atoms with Crippen LogP contribution in [0.15, 0.2) is 84.0 Å². The Labute approximate surface area is 226 Å². The maximum absolute atomic E-state index is 12.5. The van der Waals surface area contributed by atoms with Gasteiger partial charge < -0.3 is 9.47 Å². The average molecular weight is 556 g/mol. The predicted molar refractivity (Wildman–Crippen MR) is 150 cm³/mol. The smallest absolute Gasteiger partial charge is 0.344 e. The van der Waals surface area contributed by atoms with Crippen LogP contribution in [-0.2, 0) is 26.1 Å². The van der Waals surface area contributed by atoms with Crippen molar-refractivity contribution in [2.75, 3.05) is 35.8 Å². The van der Waals surface area contributed by atoms with Gasteiger partial charge in [-0.3, -0.25) is 9.10 Å². The first-order valence-electron chi connectivity index (χ1n) is 11.6. The molecule has 11 heteroatoms. The SMILES string of the molecule is CSCCOC(=O)COc1ccc(C=NNC(=O)c2ccc(N(Cc3ccccc3)S(C)(=O)=O)cc2)cc1. The number of esters is 1. The van der Waals surface area contributed by atoms with Gasteiger partial charge in [-0.25, -0.2) is 18.6 Å². The number of hydrogen-bond acceptors (Lipinski definition) is 8. The first-order valence-corrected chi connectivity index (χ1v) is 14.8. The third-order valence-electron chi connectivity index (χ3n) is 5.15. The summed E-state index contributed by atoms with van der Waals surface area (Å²) in [4.78, 5) is 24.1. The molecule has 0 aliphatic heterocycles. The van der Waals surface area contributed by atoms with Crippen LogP contribution in [0.25, 0.3) is 0 Å². The zero-order valence-electron chi connectivity index (χ0n) is 21.1. The number of anilines is 1. The van der Waals surface area contributed by atoms with Crippen molar-refractivity contribution in [3.8, 4) is 5.75 Å². The molecule has 3 rings (SSSR count). The van der Waals surface area contributed by atoms with Crippen LogP contribution in [0.4, 0.5) is 5.69 Å². The van der Waals surface area contributed by atoms with Crippen LogP contribution >= 0.6 is 11.8 Å². The predicted octanol–water partition coefficient (Wildman–Crippen LogP) is 3.70. The van der Waals surface area contributed by atoms with E-state index < -0.39 is 21.9 Å². The Morgan fingerprint density at radius 2 is 1.68 bits per heavy atom. The van der Waals surface area contributed by atoms with Crippen molar-refractivity contribution in [3.05, 3.63) is 95.6 Å². The number of amides is 1. The number of carbonyl (C=O) groups is 2. The largest absolute Gasteiger partial charge is 0.482 e. The molecule has 1 N–H and O–H groups in total. The Balaban J connectivity index is 1.53. The zero-order chi connectivity index (χ0) is 27.4. The molecule has 200 valence electrons. The van der Waals surface area contributed by atoms with Crippen molar-refractivity contribution in [1.29, 1.82) is 0 Å². The standard InChI is InChI=1S/C27H29N3O6S2/c1-37-17-16-35-26(31)20-36-25-14-8-21(9-15-25)18-28-29-27(32)23-10-12-24(13-11-23)30(38(2,33)34)19-22-6-4-3-5-7-22/h3-15,18H,16-17,19-20H2,1-2H3,(H,29,32). The molecular formula is C27H29N3O6S2. The lowest BCUT2D eigenvalue weighted by Gasteiger charge is -2.22. The average Bonchev–Trinajstić information content (AvgIpc) is 2.91. The summed E-state index contributed by atoms with van der Waals surface area (Å²) in [7, 11) is -3.53. The molecule has 0 fully saturated rings. The van der Waals surface area contributed by atoms with Crippen LogP contribution in [-0.4, -0.2) is 58.0 Å². The number of benzene rings is 3. The van der Waals surface area contributed by atoms with Gasteiger partial charge in [-0.05, 0) is 65.9 Å². The molecule has 3 aromatic rings. The molecule has 0 atom stereocenters. The fraction of sp³-hybridized carbons (Fsp3) is 0.222. The van der Waals surface area contributed by atoms with E-state index in [1.165, 1.54) is 10.5 Å². The van der Waals surface area contributed by atoms with E-state index >= 15 is 0 Å². The third kappa shape index (κ3) is 9.24. The number of ether oxygens (including phenoxy) is 2. The van der Waals surface area contributed by atoms with Gasteiger partial charge in [0.15, 0.2) is 6.61 Å². The maximum atomic E-state index is 12.5. The van der Waals surface area contributed by atoms with E-state index in [1.54, 1.807) is 60.3 Å². The van der Waals surface area contributed by atoms with Crippen LogP contribution in [0.3, 0.4) is 0 Å². The molecular weight excluding hydrogens is 526 g/mol. The molecule has 0 aliphatic rings. The van der Waals surface area contributed by atoms with Gasteiger partial charge >= 0.3 is 5.97 Å². The minimum absolute atomic E-state index is 0.176. The molecule has 38 heavy (non-hydrogen) atoms. The van der Waals surface area contributed by atoms with E-state index in [4.69, 9.17) is 9.47 Å². The number of hydrogen-bond donors (Lipinski definition) is 1. The summed E-state index contributed by atoms with van der Waals surface area (Å²) >= 11 is 1.59. The first kappa shape index (κ1) is 28.7. The second-order valence-corrected chi connectivity index (χ2v) is 11.0. The highest BCUT2D eigenvalue weighted by Crippen LogP contribution is 2.21. The molecule has 0 radical (unpaired) electrons. The maximum Gasteiger partial charge on any atom is 0.344 e. The highest BCUT2D eigenvalue weighted by molar-refractivity contribution is 7.98. The molecule has 9 nitrogen and oxygen atoms in total. The third-order valence-corrected chi connectivity index (χ3v) is 6.87. The second kappa shape index (κ2) is 14.2. The lowest BCUT2D eigenvalue weighted by Crippen LogP contribution is -2.29. The van der Waals surface area contributed by atoms with Gasteiger partial charge in [0.2, 0.25) is 10.0 Å². The molecule has 3 aromatic carbocycles. The number of thioether (sulfide) groups is 1. The van der Waals surface area contributed by atoms with Crippen molar-refractivity contribution in [2.24, 2.45) is 5.10 Å². The molecule has 0 saturated carbocycles. The van der Waals surface area contributed by atoms with E-state index in [-0.39, 0.29) is 13.2 Å². The van der Waals surface area contributed by atoms with Crippen LogP contribution in [0.1, 0.15) is 21.5 Å². The molecule has 0 heterocycles. The van der Waals surface area contributed by atoms with Crippen molar-refractivity contribution in [2.45, 2.75) is 6.54 Å². The number of sulfonamides is 1. The monoisotopic (exact) mass is 555 g/mol. The number of carbonyl (C=O) groups excluding carboxylic acids is 2. The highest BCUT2D eigenvalue weighted by Gasteiger charge is 2.18. The molecule has 0 unspecified atom stereocenters. The van der Waals surface area contributed by atoms with Crippen molar-refractivity contribution in [1.82, 2.24) is 5.43 Å². The molecule has 0 spiro atoms. The van der Waals surface area contributed by atoms with Crippen molar-refractivity contribution in [3.63, 3.8) is 0 Å². The second-order valence-electron chi connectivity index (χ2n) is 8.07. The summed E-state index contributed by atoms with van der Waals surface area (Å²) in [6.45, 7) is 0.356. The van der Waals surface area contributed by atoms with Gasteiger partial charge in [0.05, 0.1) is 24.7 Å². The molecule has 0 bridgehead atoms. The Hall–Kier alpha value is -3.83. The van der Waals surface area contributed by atoms with Crippen LogP contribution in [0, 0.1) is 0 Å².